The van der Waals surface area contributed by atoms with Crippen LogP contribution in [0, 0.1) is 5.92 Å². The number of rotatable bonds is 8. The summed E-state index contributed by atoms with van der Waals surface area (Å²) in [5.74, 6) is 0.265. The molecule has 2 N–H and O–H groups in total. The third kappa shape index (κ3) is 5.18. The van der Waals surface area contributed by atoms with Crippen LogP contribution >= 0.6 is 0 Å². The highest BCUT2D eigenvalue weighted by Gasteiger charge is 2.30. The van der Waals surface area contributed by atoms with Crippen molar-refractivity contribution in [2.75, 3.05) is 38.2 Å². The summed E-state index contributed by atoms with van der Waals surface area (Å²) < 4.78 is 38.5. The lowest BCUT2D eigenvalue weighted by Gasteiger charge is -2.27. The van der Waals surface area contributed by atoms with E-state index in [4.69, 9.17) is 9.47 Å². The highest BCUT2D eigenvalue weighted by atomic mass is 32.2. The van der Waals surface area contributed by atoms with Gasteiger partial charge in [-0.05, 0) is 43.5 Å². The summed E-state index contributed by atoms with van der Waals surface area (Å²) in [6, 6.07) is 6.30. The number of aromatic amines is 1. The van der Waals surface area contributed by atoms with Crippen LogP contribution in [0.5, 0.6) is 5.75 Å². The average Bonchev–Trinajstić information content (AvgIpc) is 3.18. The molecule has 10 heteroatoms. The van der Waals surface area contributed by atoms with Gasteiger partial charge in [0, 0.05) is 24.5 Å². The van der Waals surface area contributed by atoms with Crippen LogP contribution in [0.1, 0.15) is 37.0 Å². The summed E-state index contributed by atoms with van der Waals surface area (Å²) >= 11 is 0. The molecule has 3 rings (SSSR count). The first-order valence-electron chi connectivity index (χ1n) is 10.0. The molecule has 1 aliphatic rings. The number of morpholine rings is 1. The number of ether oxygens (including phenoxy) is 2. The standard InChI is InChI=1S/C20H28N4O5S/c1-4-29-18-6-5-15(13-19(18)30(26,27)24-7-9-28-10-8-24)21-20(25)17-12-16(22-23-17)11-14(2)3/h5-6,12-14H,4,7-11H2,1-3H3,(H,21,25)(H,22,23). The van der Waals surface area contributed by atoms with Crippen LogP contribution in [0.4, 0.5) is 5.69 Å². The Labute approximate surface area is 176 Å². The molecular weight excluding hydrogens is 408 g/mol. The summed E-state index contributed by atoms with van der Waals surface area (Å²) in [7, 11) is -3.79. The molecule has 0 bridgehead atoms. The predicted molar refractivity (Wildman–Crippen MR) is 112 cm³/mol. The second kappa shape index (κ2) is 9.59. The van der Waals surface area contributed by atoms with Gasteiger partial charge in [-0.15, -0.1) is 0 Å². The molecule has 2 aromatic rings. The summed E-state index contributed by atoms with van der Waals surface area (Å²) in [5, 5.41) is 9.64. The van der Waals surface area contributed by atoms with Crippen molar-refractivity contribution in [1.82, 2.24) is 14.5 Å². The number of carbonyl (C=O) groups is 1. The molecule has 30 heavy (non-hydrogen) atoms. The second-order valence-corrected chi connectivity index (χ2v) is 9.35. The maximum absolute atomic E-state index is 13.2. The number of carbonyl (C=O) groups excluding carboxylic acids is 1. The number of nitrogens with zero attached hydrogens (tertiary/aromatic N) is 2. The van der Waals surface area contributed by atoms with Gasteiger partial charge >= 0.3 is 0 Å². The van der Waals surface area contributed by atoms with Crippen molar-refractivity contribution in [1.29, 1.82) is 0 Å². The van der Waals surface area contributed by atoms with Crippen LogP contribution in [0.15, 0.2) is 29.2 Å². The number of nitrogens with one attached hydrogen (secondary N) is 2. The molecule has 0 atom stereocenters. The molecule has 1 aromatic heterocycles. The number of hydrogen-bond donors (Lipinski definition) is 2. The summed E-state index contributed by atoms with van der Waals surface area (Å²) in [4.78, 5) is 12.6. The minimum absolute atomic E-state index is 0.0200. The molecule has 2 heterocycles. The molecule has 1 aromatic carbocycles. The third-order valence-electron chi connectivity index (χ3n) is 4.58. The van der Waals surface area contributed by atoms with Crippen molar-refractivity contribution in [3.63, 3.8) is 0 Å². The molecule has 0 aliphatic carbocycles. The van der Waals surface area contributed by atoms with E-state index in [2.05, 4.69) is 29.4 Å². The molecule has 1 fully saturated rings. The van der Waals surface area contributed by atoms with Gasteiger partial charge in [-0.25, -0.2) is 8.42 Å². The van der Waals surface area contributed by atoms with Crippen LogP contribution in [0.2, 0.25) is 0 Å². The Balaban J connectivity index is 1.84. The van der Waals surface area contributed by atoms with Gasteiger partial charge in [0.25, 0.3) is 5.91 Å². The second-order valence-electron chi connectivity index (χ2n) is 7.44. The van der Waals surface area contributed by atoms with Gasteiger partial charge in [-0.1, -0.05) is 13.8 Å². The minimum Gasteiger partial charge on any atom is -0.492 e. The lowest BCUT2D eigenvalue weighted by molar-refractivity contribution is 0.0729. The predicted octanol–water partition coefficient (Wildman–Crippen LogP) is 2.28. The maximum Gasteiger partial charge on any atom is 0.276 e. The number of anilines is 1. The zero-order chi connectivity index (χ0) is 21.7. The van der Waals surface area contributed by atoms with E-state index in [9.17, 15) is 13.2 Å². The molecule has 9 nitrogen and oxygen atoms in total. The zero-order valence-corrected chi connectivity index (χ0v) is 18.3. The molecule has 164 valence electrons. The Bertz CT molecular complexity index is 981. The van der Waals surface area contributed by atoms with Crippen LogP contribution in [-0.4, -0.2) is 61.7 Å². The Morgan fingerprint density at radius 2 is 2.03 bits per heavy atom. The van der Waals surface area contributed by atoms with Gasteiger partial charge in [0.2, 0.25) is 10.0 Å². The van der Waals surface area contributed by atoms with E-state index >= 15 is 0 Å². The Kier molecular flexibility index (Phi) is 7.11. The molecule has 0 spiro atoms. The smallest absolute Gasteiger partial charge is 0.276 e. The van der Waals surface area contributed by atoms with Gasteiger partial charge in [-0.2, -0.15) is 9.40 Å². The lowest BCUT2D eigenvalue weighted by atomic mass is 10.1. The van der Waals surface area contributed by atoms with Crippen LogP contribution in [-0.2, 0) is 21.2 Å². The van der Waals surface area contributed by atoms with Gasteiger partial charge < -0.3 is 14.8 Å². The third-order valence-corrected chi connectivity index (χ3v) is 6.50. The van der Waals surface area contributed by atoms with E-state index in [1.54, 1.807) is 25.1 Å². The highest BCUT2D eigenvalue weighted by molar-refractivity contribution is 7.89. The van der Waals surface area contributed by atoms with E-state index in [-0.39, 0.29) is 29.4 Å². The molecule has 0 saturated carbocycles. The molecule has 1 saturated heterocycles. The summed E-state index contributed by atoms with van der Waals surface area (Å²) in [6.45, 7) is 7.51. The summed E-state index contributed by atoms with van der Waals surface area (Å²) in [5.41, 5.74) is 1.47. The number of amides is 1. The Morgan fingerprint density at radius 3 is 2.70 bits per heavy atom. The minimum atomic E-state index is -3.79. The number of H-pyrrole nitrogens is 1. The lowest BCUT2D eigenvalue weighted by Crippen LogP contribution is -2.40. The average molecular weight is 437 g/mol. The SMILES string of the molecule is CCOc1ccc(NC(=O)c2cc(CC(C)C)[nH]n2)cc1S(=O)(=O)N1CCOCC1. The number of hydrogen-bond acceptors (Lipinski definition) is 6. The maximum atomic E-state index is 13.2. The van der Waals surface area contributed by atoms with E-state index in [1.165, 1.54) is 10.4 Å². The highest BCUT2D eigenvalue weighted by Crippen LogP contribution is 2.30. The van der Waals surface area contributed by atoms with Crippen molar-refractivity contribution in [2.45, 2.75) is 32.1 Å². The van der Waals surface area contributed by atoms with Crippen molar-refractivity contribution in [2.24, 2.45) is 5.92 Å². The van der Waals surface area contributed by atoms with Gasteiger partial charge in [-0.3, -0.25) is 9.89 Å². The first-order valence-corrected chi connectivity index (χ1v) is 11.5. The van der Waals surface area contributed by atoms with Crippen molar-refractivity contribution in [3.05, 3.63) is 35.7 Å². The molecule has 0 unspecified atom stereocenters. The molecule has 1 aliphatic heterocycles. The fraction of sp³-hybridized carbons (Fsp3) is 0.500. The number of benzene rings is 1. The number of aromatic nitrogens is 2. The number of sulfonamides is 1. The van der Waals surface area contributed by atoms with Crippen molar-refractivity contribution >= 4 is 21.6 Å². The van der Waals surface area contributed by atoms with Gasteiger partial charge in [0.15, 0.2) is 5.69 Å². The Morgan fingerprint density at radius 1 is 1.30 bits per heavy atom. The molecular formula is C20H28N4O5S. The quantitative estimate of drug-likeness (QED) is 0.656. The summed E-state index contributed by atoms with van der Waals surface area (Å²) in [6.07, 6.45) is 0.783. The van der Waals surface area contributed by atoms with E-state index < -0.39 is 15.9 Å². The first kappa shape index (κ1) is 22.3. The van der Waals surface area contributed by atoms with E-state index in [0.717, 1.165) is 12.1 Å². The Hall–Kier alpha value is -2.43. The molecule has 1 amide bonds. The van der Waals surface area contributed by atoms with E-state index in [0.29, 0.717) is 31.4 Å². The monoisotopic (exact) mass is 436 g/mol. The fourth-order valence-electron chi connectivity index (χ4n) is 3.21. The van der Waals surface area contributed by atoms with Crippen LogP contribution < -0.4 is 10.1 Å². The molecule has 0 radical (unpaired) electrons. The van der Waals surface area contributed by atoms with Gasteiger partial charge in [0.1, 0.15) is 10.6 Å². The van der Waals surface area contributed by atoms with E-state index in [1.807, 2.05) is 0 Å². The van der Waals surface area contributed by atoms with Gasteiger partial charge in [0.05, 0.1) is 19.8 Å². The fourth-order valence-corrected chi connectivity index (χ4v) is 4.77. The van der Waals surface area contributed by atoms with Crippen LogP contribution in [0.3, 0.4) is 0 Å². The zero-order valence-electron chi connectivity index (χ0n) is 17.5. The van der Waals surface area contributed by atoms with Crippen molar-refractivity contribution < 1.29 is 22.7 Å². The largest absolute Gasteiger partial charge is 0.492 e. The first-order chi connectivity index (χ1) is 14.3. The van der Waals surface area contributed by atoms with Crippen molar-refractivity contribution in [3.8, 4) is 5.75 Å². The normalized spacial score (nSPS) is 15.3. The van der Waals surface area contributed by atoms with Crippen LogP contribution in [0.25, 0.3) is 0 Å². The topological polar surface area (TPSA) is 114 Å².